The van der Waals surface area contributed by atoms with E-state index in [0.717, 1.165) is 12.0 Å². The van der Waals surface area contributed by atoms with Gasteiger partial charge in [-0.1, -0.05) is 63.7 Å². The minimum atomic E-state index is -1.42. The Bertz CT molecular complexity index is 567. The summed E-state index contributed by atoms with van der Waals surface area (Å²) in [4.78, 5) is 12.5. The molecule has 0 saturated carbocycles. The largest absolute Gasteiger partial charge is 0.293 e. The highest BCUT2D eigenvalue weighted by molar-refractivity contribution is 6.83. The summed E-state index contributed by atoms with van der Waals surface area (Å²) in [5, 5.41) is 0. The van der Waals surface area contributed by atoms with Crippen molar-refractivity contribution in [2.45, 2.75) is 45.3 Å². The standard InChI is InChI=1S/C17H22OSi/c1-17(2)12-13(10-11-19(3,4)5)16(18)14-8-6-7-9-15(14)17/h6-9,13H,12H2,1-5H3. The van der Waals surface area contributed by atoms with Crippen LogP contribution in [0.25, 0.3) is 0 Å². The van der Waals surface area contributed by atoms with Crippen LogP contribution in [0.2, 0.25) is 19.6 Å². The molecule has 0 fully saturated rings. The first kappa shape index (κ1) is 14.1. The quantitative estimate of drug-likeness (QED) is 0.513. The highest BCUT2D eigenvalue weighted by Crippen LogP contribution is 2.39. The van der Waals surface area contributed by atoms with Crippen LogP contribution in [0.1, 0.15) is 36.2 Å². The average molecular weight is 270 g/mol. The van der Waals surface area contributed by atoms with Gasteiger partial charge in [0.2, 0.25) is 0 Å². The number of carbonyl (C=O) groups excluding carboxylic acids is 1. The minimum Gasteiger partial charge on any atom is -0.293 e. The van der Waals surface area contributed by atoms with E-state index < -0.39 is 8.07 Å². The van der Waals surface area contributed by atoms with Crippen molar-refractivity contribution in [2.75, 3.05) is 0 Å². The van der Waals surface area contributed by atoms with Crippen LogP contribution in [0, 0.1) is 17.4 Å². The molecule has 0 spiro atoms. The van der Waals surface area contributed by atoms with E-state index in [-0.39, 0.29) is 17.1 Å². The normalized spacial score (nSPS) is 21.3. The van der Waals surface area contributed by atoms with Crippen LogP contribution >= 0.6 is 0 Å². The molecule has 1 aliphatic carbocycles. The monoisotopic (exact) mass is 270 g/mol. The predicted molar refractivity (Wildman–Crippen MR) is 83.0 cm³/mol. The fraction of sp³-hybridized carbons (Fsp3) is 0.471. The van der Waals surface area contributed by atoms with E-state index in [0.29, 0.717) is 0 Å². The maximum Gasteiger partial charge on any atom is 0.178 e. The molecule has 1 atom stereocenters. The second kappa shape index (κ2) is 4.65. The van der Waals surface area contributed by atoms with Crippen LogP contribution in [0.3, 0.4) is 0 Å². The van der Waals surface area contributed by atoms with Gasteiger partial charge in [0.25, 0.3) is 0 Å². The van der Waals surface area contributed by atoms with Crippen molar-refractivity contribution in [1.82, 2.24) is 0 Å². The number of ketones is 1. The Hall–Kier alpha value is -1.33. The van der Waals surface area contributed by atoms with E-state index >= 15 is 0 Å². The number of hydrogen-bond donors (Lipinski definition) is 0. The molecule has 1 aromatic carbocycles. The van der Waals surface area contributed by atoms with Crippen LogP contribution in [0.4, 0.5) is 0 Å². The molecule has 0 radical (unpaired) electrons. The lowest BCUT2D eigenvalue weighted by atomic mass is 9.68. The van der Waals surface area contributed by atoms with Gasteiger partial charge in [-0.25, -0.2) is 0 Å². The number of carbonyl (C=O) groups is 1. The Balaban J connectivity index is 2.43. The first-order chi connectivity index (χ1) is 8.71. The van der Waals surface area contributed by atoms with Gasteiger partial charge in [-0.15, -0.1) is 5.54 Å². The fourth-order valence-electron chi connectivity index (χ4n) is 2.61. The van der Waals surface area contributed by atoms with E-state index in [1.54, 1.807) is 0 Å². The molecule has 0 heterocycles. The Morgan fingerprint density at radius 1 is 1.21 bits per heavy atom. The maximum atomic E-state index is 12.5. The van der Waals surface area contributed by atoms with E-state index in [4.69, 9.17) is 0 Å². The number of Topliss-reactive ketones (excluding diaryl/α,β-unsaturated/α-hetero) is 1. The summed E-state index contributed by atoms with van der Waals surface area (Å²) in [6.07, 6.45) is 0.834. The number of benzene rings is 1. The van der Waals surface area contributed by atoms with Gasteiger partial charge in [-0.3, -0.25) is 4.79 Å². The molecule has 0 aliphatic heterocycles. The topological polar surface area (TPSA) is 17.1 Å². The smallest absolute Gasteiger partial charge is 0.178 e. The Morgan fingerprint density at radius 3 is 2.47 bits per heavy atom. The van der Waals surface area contributed by atoms with Gasteiger partial charge in [0, 0.05) is 5.56 Å². The van der Waals surface area contributed by atoms with Gasteiger partial charge in [-0.2, -0.15) is 0 Å². The summed E-state index contributed by atoms with van der Waals surface area (Å²) in [5.74, 6) is 3.35. The molecule has 2 rings (SSSR count). The first-order valence-electron chi connectivity index (χ1n) is 6.87. The lowest BCUT2D eigenvalue weighted by molar-refractivity contribution is 0.0914. The molecule has 0 aromatic heterocycles. The van der Waals surface area contributed by atoms with Crippen LogP contribution in [-0.2, 0) is 5.41 Å². The second-order valence-electron chi connectivity index (χ2n) is 7.07. The number of hydrogen-bond acceptors (Lipinski definition) is 1. The molecule has 2 heteroatoms. The number of rotatable bonds is 0. The third-order valence-electron chi connectivity index (χ3n) is 3.57. The summed E-state index contributed by atoms with van der Waals surface area (Å²) in [5.41, 5.74) is 5.43. The molecule has 0 amide bonds. The highest BCUT2D eigenvalue weighted by atomic mass is 28.3. The summed E-state index contributed by atoms with van der Waals surface area (Å²) in [6.45, 7) is 11.1. The van der Waals surface area contributed by atoms with Crippen LogP contribution < -0.4 is 0 Å². The highest BCUT2D eigenvalue weighted by Gasteiger charge is 2.37. The molecule has 100 valence electrons. The molecule has 19 heavy (non-hydrogen) atoms. The van der Waals surface area contributed by atoms with E-state index in [1.165, 1.54) is 5.56 Å². The van der Waals surface area contributed by atoms with Crippen molar-refractivity contribution < 1.29 is 4.79 Å². The van der Waals surface area contributed by atoms with Gasteiger partial charge in [0.05, 0.1) is 5.92 Å². The molecular formula is C17H22OSi. The summed E-state index contributed by atoms with van der Waals surface area (Å²) in [7, 11) is -1.42. The van der Waals surface area contributed by atoms with Crippen LogP contribution in [-0.4, -0.2) is 13.9 Å². The Kier molecular flexibility index (Phi) is 3.45. The fourth-order valence-corrected chi connectivity index (χ4v) is 3.22. The molecule has 0 bridgehead atoms. The maximum absolute atomic E-state index is 12.5. The molecule has 1 aromatic rings. The van der Waals surface area contributed by atoms with Gasteiger partial charge in [0.15, 0.2) is 5.78 Å². The predicted octanol–water partition coefficient (Wildman–Crippen LogP) is 4.05. The van der Waals surface area contributed by atoms with Crippen molar-refractivity contribution in [2.24, 2.45) is 5.92 Å². The van der Waals surface area contributed by atoms with Gasteiger partial charge >= 0.3 is 0 Å². The SMILES string of the molecule is CC1(C)CC(C#C[Si](C)(C)C)C(=O)c2ccccc21. The lowest BCUT2D eigenvalue weighted by Crippen LogP contribution is -2.34. The molecule has 1 aliphatic rings. The molecule has 0 N–H and O–H groups in total. The summed E-state index contributed by atoms with van der Waals surface area (Å²) >= 11 is 0. The zero-order chi connectivity index (χ0) is 14.3. The third kappa shape index (κ3) is 2.98. The van der Waals surface area contributed by atoms with Crippen molar-refractivity contribution in [3.63, 3.8) is 0 Å². The first-order valence-corrected chi connectivity index (χ1v) is 10.4. The third-order valence-corrected chi connectivity index (χ3v) is 4.47. The zero-order valence-electron chi connectivity index (χ0n) is 12.5. The van der Waals surface area contributed by atoms with Crippen molar-refractivity contribution in [1.29, 1.82) is 0 Å². The van der Waals surface area contributed by atoms with Gasteiger partial charge in [-0.05, 0) is 17.4 Å². The zero-order valence-corrected chi connectivity index (χ0v) is 13.5. The van der Waals surface area contributed by atoms with E-state index in [2.05, 4.69) is 51.0 Å². The van der Waals surface area contributed by atoms with Crippen molar-refractivity contribution in [3.05, 3.63) is 35.4 Å². The Morgan fingerprint density at radius 2 is 1.84 bits per heavy atom. The minimum absolute atomic E-state index is 0.0310. The van der Waals surface area contributed by atoms with E-state index in [1.807, 2.05) is 18.2 Å². The van der Waals surface area contributed by atoms with Crippen molar-refractivity contribution in [3.8, 4) is 11.5 Å². The molecule has 0 saturated heterocycles. The lowest BCUT2D eigenvalue weighted by Gasteiger charge is -2.34. The van der Waals surface area contributed by atoms with Gasteiger partial charge in [0.1, 0.15) is 8.07 Å². The van der Waals surface area contributed by atoms with Crippen molar-refractivity contribution >= 4 is 13.9 Å². The average Bonchev–Trinajstić information content (AvgIpc) is 2.31. The van der Waals surface area contributed by atoms with Crippen LogP contribution in [0.5, 0.6) is 0 Å². The number of fused-ring (bicyclic) bond motifs is 1. The second-order valence-corrected chi connectivity index (χ2v) is 11.8. The van der Waals surface area contributed by atoms with Gasteiger partial charge < -0.3 is 0 Å². The molecular weight excluding hydrogens is 248 g/mol. The molecule has 1 unspecified atom stereocenters. The van der Waals surface area contributed by atoms with E-state index in [9.17, 15) is 4.79 Å². The Labute approximate surface area is 117 Å². The van der Waals surface area contributed by atoms with Crippen LogP contribution in [0.15, 0.2) is 24.3 Å². The summed E-state index contributed by atoms with van der Waals surface area (Å²) < 4.78 is 0. The molecule has 1 nitrogen and oxygen atoms in total. The summed E-state index contributed by atoms with van der Waals surface area (Å²) in [6, 6.07) is 7.99.